The summed E-state index contributed by atoms with van der Waals surface area (Å²) in [7, 11) is 0. The molecule has 3 rings (SSSR count). The highest BCUT2D eigenvalue weighted by Crippen LogP contribution is 2.25. The van der Waals surface area contributed by atoms with Crippen molar-refractivity contribution >= 4 is 22.6 Å². The summed E-state index contributed by atoms with van der Waals surface area (Å²) in [6, 6.07) is 13.4. The Morgan fingerprint density at radius 2 is 1.90 bits per heavy atom. The van der Waals surface area contributed by atoms with Gasteiger partial charge in [-0.1, -0.05) is 25.1 Å². The molecule has 0 fully saturated rings. The number of fused-ring (bicyclic) bond motifs is 1. The number of nitrogens with one attached hydrogen (secondary N) is 1. The van der Waals surface area contributed by atoms with E-state index < -0.39 is 5.97 Å². The molecular weight excluding hydrogens is 364 g/mol. The molecule has 0 radical (unpaired) electrons. The number of rotatable bonds is 9. The van der Waals surface area contributed by atoms with E-state index in [1.165, 1.54) is 5.56 Å². The quantitative estimate of drug-likeness (QED) is 0.494. The molecule has 1 aromatic heterocycles. The number of aryl methyl sites for hydroxylation is 2. The van der Waals surface area contributed by atoms with Gasteiger partial charge in [-0.15, -0.1) is 0 Å². The summed E-state index contributed by atoms with van der Waals surface area (Å²) in [4.78, 5) is 16.3. The molecule has 2 N–H and O–H groups in total. The van der Waals surface area contributed by atoms with Gasteiger partial charge in [0.1, 0.15) is 0 Å². The van der Waals surface area contributed by atoms with E-state index in [1.54, 1.807) is 18.2 Å². The first-order valence-electron chi connectivity index (χ1n) is 10.0. The normalized spacial score (nSPS) is 11.0. The Kier molecular flexibility index (Phi) is 6.83. The molecule has 0 atom stereocenters. The van der Waals surface area contributed by atoms with Gasteiger partial charge in [0, 0.05) is 29.9 Å². The number of hydrogen-bond donors (Lipinski definition) is 2. The number of aromatic nitrogens is 1. The lowest BCUT2D eigenvalue weighted by Gasteiger charge is -2.14. The van der Waals surface area contributed by atoms with Crippen LogP contribution in [0.25, 0.3) is 10.9 Å². The van der Waals surface area contributed by atoms with Crippen molar-refractivity contribution in [2.45, 2.75) is 40.2 Å². The first-order valence-corrected chi connectivity index (χ1v) is 10.0. The number of para-hydroxylation sites is 1. The van der Waals surface area contributed by atoms with Crippen LogP contribution in [-0.4, -0.2) is 29.3 Å². The largest absolute Gasteiger partial charge is 0.478 e. The number of anilines is 1. The number of aromatic carboxylic acids is 1. The standard InChI is InChI=1S/C24H28N2O3/c1-4-10-29-11-9-18-14-21-19(12-16(2)13-23(21)26-17(18)3)15-25-22-8-6-5-7-20(22)24(27)28/h5-8,12-14,25H,4,9-11,15H2,1-3H3,(H,27,28). The lowest BCUT2D eigenvalue weighted by molar-refractivity contribution is 0.0698. The monoisotopic (exact) mass is 392 g/mol. The fraction of sp³-hybridized carbons (Fsp3) is 0.333. The molecule has 2 aromatic carbocycles. The van der Waals surface area contributed by atoms with Gasteiger partial charge in [0.25, 0.3) is 0 Å². The van der Waals surface area contributed by atoms with Crippen LogP contribution in [0.15, 0.2) is 42.5 Å². The van der Waals surface area contributed by atoms with Gasteiger partial charge in [-0.3, -0.25) is 4.98 Å². The molecule has 1 heterocycles. The molecule has 29 heavy (non-hydrogen) atoms. The second-order valence-corrected chi connectivity index (χ2v) is 7.29. The van der Waals surface area contributed by atoms with Gasteiger partial charge >= 0.3 is 5.97 Å². The average molecular weight is 392 g/mol. The first-order chi connectivity index (χ1) is 14.0. The van der Waals surface area contributed by atoms with Crippen LogP contribution in [0.5, 0.6) is 0 Å². The number of nitrogens with zero attached hydrogens (tertiary/aromatic N) is 1. The van der Waals surface area contributed by atoms with Gasteiger partial charge in [-0.05, 0) is 67.6 Å². The van der Waals surface area contributed by atoms with E-state index in [1.807, 2.05) is 13.0 Å². The summed E-state index contributed by atoms with van der Waals surface area (Å²) in [5.41, 5.74) is 6.29. The topological polar surface area (TPSA) is 71.5 Å². The van der Waals surface area contributed by atoms with Crippen LogP contribution in [0.1, 0.15) is 46.1 Å². The number of hydrogen-bond acceptors (Lipinski definition) is 4. The molecule has 152 valence electrons. The Labute approximate surface area is 171 Å². The molecule has 0 spiro atoms. The molecule has 0 amide bonds. The number of benzene rings is 2. The van der Waals surface area contributed by atoms with Gasteiger partial charge in [-0.25, -0.2) is 4.79 Å². The van der Waals surface area contributed by atoms with Crippen LogP contribution in [0, 0.1) is 13.8 Å². The van der Waals surface area contributed by atoms with E-state index >= 15 is 0 Å². The first kappa shape index (κ1) is 20.8. The Bertz CT molecular complexity index is 1010. The second kappa shape index (κ2) is 9.52. The minimum Gasteiger partial charge on any atom is -0.478 e. The van der Waals surface area contributed by atoms with Crippen molar-refractivity contribution < 1.29 is 14.6 Å². The van der Waals surface area contributed by atoms with E-state index in [2.05, 4.69) is 37.4 Å². The zero-order chi connectivity index (χ0) is 20.8. The van der Waals surface area contributed by atoms with Crippen molar-refractivity contribution in [2.75, 3.05) is 18.5 Å². The van der Waals surface area contributed by atoms with Gasteiger partial charge < -0.3 is 15.2 Å². The number of ether oxygens (including phenoxy) is 1. The highest BCUT2D eigenvalue weighted by Gasteiger charge is 2.11. The van der Waals surface area contributed by atoms with Crippen LogP contribution >= 0.6 is 0 Å². The van der Waals surface area contributed by atoms with E-state index in [0.29, 0.717) is 18.8 Å². The average Bonchev–Trinajstić information content (AvgIpc) is 2.70. The van der Waals surface area contributed by atoms with Crippen molar-refractivity contribution in [3.63, 3.8) is 0 Å². The maximum Gasteiger partial charge on any atom is 0.337 e. The van der Waals surface area contributed by atoms with Crippen molar-refractivity contribution in [3.05, 3.63) is 70.4 Å². The van der Waals surface area contributed by atoms with Crippen LogP contribution in [0.4, 0.5) is 5.69 Å². The number of pyridine rings is 1. The molecule has 0 aliphatic carbocycles. The Balaban J connectivity index is 1.89. The van der Waals surface area contributed by atoms with Crippen molar-refractivity contribution in [2.24, 2.45) is 0 Å². The van der Waals surface area contributed by atoms with Crippen LogP contribution < -0.4 is 5.32 Å². The lowest BCUT2D eigenvalue weighted by Crippen LogP contribution is -2.07. The highest BCUT2D eigenvalue weighted by molar-refractivity contribution is 5.94. The third kappa shape index (κ3) is 5.12. The van der Waals surface area contributed by atoms with Crippen molar-refractivity contribution in [1.82, 2.24) is 4.98 Å². The summed E-state index contributed by atoms with van der Waals surface area (Å²) >= 11 is 0. The van der Waals surface area contributed by atoms with E-state index in [-0.39, 0.29) is 5.56 Å². The maximum absolute atomic E-state index is 11.5. The summed E-state index contributed by atoms with van der Waals surface area (Å²) in [6.45, 7) is 8.19. The van der Waals surface area contributed by atoms with Crippen molar-refractivity contribution in [3.8, 4) is 0 Å². The lowest BCUT2D eigenvalue weighted by atomic mass is 10.0. The zero-order valence-electron chi connectivity index (χ0n) is 17.3. The molecule has 0 aliphatic heterocycles. The predicted octanol–water partition coefficient (Wildman–Crippen LogP) is 5.13. The van der Waals surface area contributed by atoms with Gasteiger partial charge in [-0.2, -0.15) is 0 Å². The van der Waals surface area contributed by atoms with Gasteiger partial charge in [0.15, 0.2) is 0 Å². The maximum atomic E-state index is 11.5. The third-order valence-corrected chi connectivity index (χ3v) is 4.95. The Hall–Kier alpha value is -2.92. The van der Waals surface area contributed by atoms with E-state index in [4.69, 9.17) is 9.72 Å². The minimum atomic E-state index is -0.936. The van der Waals surface area contributed by atoms with Gasteiger partial charge in [0.05, 0.1) is 17.7 Å². The van der Waals surface area contributed by atoms with Crippen LogP contribution in [-0.2, 0) is 17.7 Å². The summed E-state index contributed by atoms with van der Waals surface area (Å²) in [6.07, 6.45) is 1.85. The number of carboxylic acid groups (broad SMARTS) is 1. The number of carboxylic acids is 1. The highest BCUT2D eigenvalue weighted by atomic mass is 16.5. The zero-order valence-corrected chi connectivity index (χ0v) is 17.3. The van der Waals surface area contributed by atoms with Crippen LogP contribution in [0.3, 0.4) is 0 Å². The smallest absolute Gasteiger partial charge is 0.337 e. The molecule has 0 unspecified atom stereocenters. The molecule has 0 bridgehead atoms. The summed E-state index contributed by atoms with van der Waals surface area (Å²) in [5.74, 6) is -0.936. The predicted molar refractivity (Wildman–Crippen MR) is 117 cm³/mol. The van der Waals surface area contributed by atoms with E-state index in [9.17, 15) is 9.90 Å². The third-order valence-electron chi connectivity index (χ3n) is 4.95. The minimum absolute atomic E-state index is 0.271. The molecule has 0 saturated carbocycles. The second-order valence-electron chi connectivity index (χ2n) is 7.29. The Morgan fingerprint density at radius 1 is 1.10 bits per heavy atom. The fourth-order valence-electron chi connectivity index (χ4n) is 3.48. The van der Waals surface area contributed by atoms with E-state index in [0.717, 1.165) is 47.2 Å². The molecule has 5 heteroatoms. The fourth-order valence-corrected chi connectivity index (χ4v) is 3.48. The molecule has 5 nitrogen and oxygen atoms in total. The number of carbonyl (C=O) groups is 1. The molecule has 3 aromatic rings. The SMILES string of the molecule is CCCOCCc1cc2c(CNc3ccccc3C(=O)O)cc(C)cc2nc1C. The Morgan fingerprint density at radius 3 is 2.66 bits per heavy atom. The van der Waals surface area contributed by atoms with Crippen LogP contribution in [0.2, 0.25) is 0 Å². The molecule has 0 saturated heterocycles. The molecular formula is C24H28N2O3. The summed E-state index contributed by atoms with van der Waals surface area (Å²) < 4.78 is 5.65. The summed E-state index contributed by atoms with van der Waals surface area (Å²) in [5, 5.41) is 13.8. The van der Waals surface area contributed by atoms with Gasteiger partial charge in [0.2, 0.25) is 0 Å². The van der Waals surface area contributed by atoms with Crippen molar-refractivity contribution in [1.29, 1.82) is 0 Å². The molecule has 0 aliphatic rings.